The lowest BCUT2D eigenvalue weighted by Crippen LogP contribution is -2.38. The van der Waals surface area contributed by atoms with Gasteiger partial charge in [0.1, 0.15) is 0 Å². The molecule has 1 aromatic heterocycles. The maximum atomic E-state index is 12.3. The van der Waals surface area contributed by atoms with Gasteiger partial charge in [0.05, 0.1) is 6.54 Å². The Morgan fingerprint density at radius 1 is 1.32 bits per heavy atom. The topological polar surface area (TPSA) is 72.5 Å². The predicted molar refractivity (Wildman–Crippen MR) is 92.4 cm³/mol. The Kier molecular flexibility index (Phi) is 8.51. The zero-order valence-corrected chi connectivity index (χ0v) is 14.9. The molecular formula is C17H27F3N4O. The van der Waals surface area contributed by atoms with Crippen molar-refractivity contribution in [2.45, 2.75) is 58.8 Å². The molecule has 25 heavy (non-hydrogen) atoms. The fourth-order valence-electron chi connectivity index (χ4n) is 2.20. The summed E-state index contributed by atoms with van der Waals surface area (Å²) in [6.45, 7) is 5.09. The van der Waals surface area contributed by atoms with Crippen LogP contribution in [0.1, 0.15) is 45.6 Å². The number of nitrogens with two attached hydrogens (primary N) is 1. The van der Waals surface area contributed by atoms with Crippen LogP contribution in [0.4, 0.5) is 13.2 Å². The van der Waals surface area contributed by atoms with Gasteiger partial charge in [0, 0.05) is 17.8 Å². The number of hydrogen-bond donors (Lipinski definition) is 2. The standard InChI is InChI=1S/C17H27F3N4O/c1-12(2)6-4-7-13(3)24-16(21)23-10-14-8-5-9-22-15(14)25-11-17(18,19)20/h5,8-9,12-13H,4,6-7,10-11H2,1-3H3,(H3,21,23,24). The number of pyridine rings is 1. The Labute approximate surface area is 146 Å². The first-order valence-corrected chi connectivity index (χ1v) is 8.37. The van der Waals surface area contributed by atoms with E-state index in [0.717, 1.165) is 19.3 Å². The first-order valence-electron chi connectivity index (χ1n) is 8.37. The van der Waals surface area contributed by atoms with Gasteiger partial charge in [-0.1, -0.05) is 32.8 Å². The normalized spacial score (nSPS) is 13.8. The van der Waals surface area contributed by atoms with Crippen molar-refractivity contribution in [3.8, 4) is 5.88 Å². The van der Waals surface area contributed by atoms with Crippen molar-refractivity contribution in [2.75, 3.05) is 6.61 Å². The summed E-state index contributed by atoms with van der Waals surface area (Å²) in [6, 6.07) is 3.41. The molecule has 0 aromatic carbocycles. The van der Waals surface area contributed by atoms with E-state index >= 15 is 0 Å². The molecule has 1 aromatic rings. The molecule has 0 saturated carbocycles. The van der Waals surface area contributed by atoms with Gasteiger partial charge < -0.3 is 15.8 Å². The third-order valence-electron chi connectivity index (χ3n) is 3.46. The molecule has 1 unspecified atom stereocenters. The van der Waals surface area contributed by atoms with Crippen molar-refractivity contribution in [3.63, 3.8) is 0 Å². The molecule has 0 spiro atoms. The van der Waals surface area contributed by atoms with Gasteiger partial charge >= 0.3 is 6.18 Å². The smallest absolute Gasteiger partial charge is 0.422 e. The zero-order chi connectivity index (χ0) is 18.9. The van der Waals surface area contributed by atoms with E-state index in [1.165, 1.54) is 6.20 Å². The molecule has 0 fully saturated rings. The Bertz CT molecular complexity index is 547. The summed E-state index contributed by atoms with van der Waals surface area (Å²) in [7, 11) is 0. The van der Waals surface area contributed by atoms with E-state index in [-0.39, 0.29) is 24.4 Å². The minimum absolute atomic E-state index is 0.0821. The van der Waals surface area contributed by atoms with Gasteiger partial charge in [0.15, 0.2) is 12.6 Å². The van der Waals surface area contributed by atoms with Gasteiger partial charge in [0.2, 0.25) is 5.88 Å². The van der Waals surface area contributed by atoms with E-state index in [9.17, 15) is 13.2 Å². The highest BCUT2D eigenvalue weighted by Gasteiger charge is 2.29. The quantitative estimate of drug-likeness (QED) is 0.521. The van der Waals surface area contributed by atoms with Crippen LogP contribution in [0.2, 0.25) is 0 Å². The van der Waals surface area contributed by atoms with Crippen LogP contribution in [0.3, 0.4) is 0 Å². The molecule has 0 radical (unpaired) electrons. The van der Waals surface area contributed by atoms with Gasteiger partial charge in [-0.25, -0.2) is 9.98 Å². The summed E-state index contributed by atoms with van der Waals surface area (Å²) >= 11 is 0. The molecule has 0 amide bonds. The third kappa shape index (κ3) is 9.79. The van der Waals surface area contributed by atoms with Crippen LogP contribution in [0.15, 0.2) is 23.3 Å². The number of halogens is 3. The van der Waals surface area contributed by atoms with E-state index in [2.05, 4.69) is 29.1 Å². The molecule has 1 heterocycles. The predicted octanol–water partition coefficient (Wildman–Crippen LogP) is 3.64. The molecule has 142 valence electrons. The number of aromatic nitrogens is 1. The van der Waals surface area contributed by atoms with Crippen molar-refractivity contribution >= 4 is 5.96 Å². The van der Waals surface area contributed by atoms with Gasteiger partial charge in [-0.3, -0.25) is 0 Å². The highest BCUT2D eigenvalue weighted by Crippen LogP contribution is 2.20. The van der Waals surface area contributed by atoms with Crippen LogP contribution in [-0.4, -0.2) is 29.8 Å². The molecule has 0 aliphatic rings. The highest BCUT2D eigenvalue weighted by atomic mass is 19.4. The molecule has 1 atom stereocenters. The minimum Gasteiger partial charge on any atom is -0.468 e. The number of nitrogens with zero attached hydrogens (tertiary/aromatic N) is 2. The van der Waals surface area contributed by atoms with E-state index in [4.69, 9.17) is 10.5 Å². The van der Waals surface area contributed by atoms with E-state index in [1.807, 2.05) is 6.92 Å². The van der Waals surface area contributed by atoms with E-state index < -0.39 is 12.8 Å². The zero-order valence-electron chi connectivity index (χ0n) is 14.9. The lowest BCUT2D eigenvalue weighted by atomic mass is 10.0. The van der Waals surface area contributed by atoms with Crippen molar-refractivity contribution < 1.29 is 17.9 Å². The van der Waals surface area contributed by atoms with E-state index in [1.54, 1.807) is 12.1 Å². The number of nitrogens with one attached hydrogen (secondary N) is 1. The highest BCUT2D eigenvalue weighted by molar-refractivity contribution is 5.78. The van der Waals surface area contributed by atoms with Crippen molar-refractivity contribution in [1.29, 1.82) is 0 Å². The Morgan fingerprint density at radius 2 is 2.04 bits per heavy atom. The average molecular weight is 360 g/mol. The van der Waals surface area contributed by atoms with Crippen molar-refractivity contribution in [2.24, 2.45) is 16.6 Å². The number of rotatable bonds is 9. The minimum atomic E-state index is -4.41. The second-order valence-electron chi connectivity index (χ2n) is 6.44. The molecule has 0 bridgehead atoms. The summed E-state index contributed by atoms with van der Waals surface area (Å²) in [5, 5.41) is 3.09. The molecule has 0 saturated heterocycles. The maximum absolute atomic E-state index is 12.3. The summed E-state index contributed by atoms with van der Waals surface area (Å²) < 4.78 is 41.5. The van der Waals surface area contributed by atoms with Gasteiger partial charge in [0.25, 0.3) is 0 Å². The lowest BCUT2D eigenvalue weighted by molar-refractivity contribution is -0.154. The molecule has 3 N–H and O–H groups in total. The van der Waals surface area contributed by atoms with Crippen molar-refractivity contribution in [3.05, 3.63) is 23.9 Å². The molecular weight excluding hydrogens is 333 g/mol. The van der Waals surface area contributed by atoms with Crippen molar-refractivity contribution in [1.82, 2.24) is 10.3 Å². The summed E-state index contributed by atoms with van der Waals surface area (Å²) in [4.78, 5) is 7.99. The number of guanidine groups is 1. The largest absolute Gasteiger partial charge is 0.468 e. The number of ether oxygens (including phenoxy) is 1. The number of hydrogen-bond acceptors (Lipinski definition) is 3. The average Bonchev–Trinajstić information content (AvgIpc) is 2.50. The Hall–Kier alpha value is -1.99. The van der Waals surface area contributed by atoms with Crippen LogP contribution < -0.4 is 15.8 Å². The lowest BCUT2D eigenvalue weighted by Gasteiger charge is -2.15. The fraction of sp³-hybridized carbons (Fsp3) is 0.647. The third-order valence-corrected chi connectivity index (χ3v) is 3.46. The molecule has 0 aliphatic carbocycles. The van der Waals surface area contributed by atoms with Crippen LogP contribution in [-0.2, 0) is 6.54 Å². The first-order chi connectivity index (χ1) is 11.7. The summed E-state index contributed by atoms with van der Waals surface area (Å²) in [6.07, 6.45) is 0.179. The number of alkyl halides is 3. The van der Waals surface area contributed by atoms with Gasteiger partial charge in [-0.2, -0.15) is 13.2 Å². The Morgan fingerprint density at radius 3 is 2.68 bits per heavy atom. The van der Waals surface area contributed by atoms with Gasteiger partial charge in [-0.05, 0) is 25.3 Å². The molecule has 1 rings (SSSR count). The van der Waals surface area contributed by atoms with Crippen LogP contribution in [0.5, 0.6) is 5.88 Å². The Balaban J connectivity index is 2.53. The van der Waals surface area contributed by atoms with Crippen LogP contribution >= 0.6 is 0 Å². The monoisotopic (exact) mass is 360 g/mol. The second-order valence-corrected chi connectivity index (χ2v) is 6.44. The van der Waals surface area contributed by atoms with E-state index in [0.29, 0.717) is 11.5 Å². The maximum Gasteiger partial charge on any atom is 0.422 e. The number of aliphatic imine (C=N–C) groups is 1. The van der Waals surface area contributed by atoms with Crippen LogP contribution in [0, 0.1) is 5.92 Å². The SMILES string of the molecule is CC(C)CCCC(C)NC(N)=NCc1cccnc1OCC(F)(F)F. The molecule has 5 nitrogen and oxygen atoms in total. The molecule has 0 aliphatic heterocycles. The van der Waals surface area contributed by atoms with Crippen LogP contribution in [0.25, 0.3) is 0 Å². The summed E-state index contributed by atoms with van der Waals surface area (Å²) in [5.74, 6) is 0.836. The fourth-order valence-corrected chi connectivity index (χ4v) is 2.20. The first kappa shape index (κ1) is 21.1. The summed E-state index contributed by atoms with van der Waals surface area (Å²) in [5.41, 5.74) is 6.29. The molecule has 8 heteroatoms. The second kappa shape index (κ2) is 10.1. The van der Waals surface area contributed by atoms with Gasteiger partial charge in [-0.15, -0.1) is 0 Å².